The van der Waals surface area contributed by atoms with Crippen LogP contribution in [-0.2, 0) is 24.1 Å². The fourth-order valence-corrected chi connectivity index (χ4v) is 5.71. The number of rotatable bonds is 14. The lowest BCUT2D eigenvalue weighted by atomic mass is 10.1. The third-order valence-electron chi connectivity index (χ3n) is 5.63. The number of nitrogens with zero attached hydrogens (tertiary/aromatic N) is 3. The lowest BCUT2D eigenvalue weighted by molar-refractivity contribution is -0.402. The molecule has 0 radical (unpaired) electrons. The maximum atomic E-state index is 11.4. The summed E-state index contributed by atoms with van der Waals surface area (Å²) in [5.41, 5.74) is 3.86. The van der Waals surface area contributed by atoms with E-state index in [0.29, 0.717) is 29.5 Å². The van der Waals surface area contributed by atoms with E-state index in [1.165, 1.54) is 34.7 Å². The van der Waals surface area contributed by atoms with Gasteiger partial charge >= 0.3 is 11.9 Å². The first-order valence-electron chi connectivity index (χ1n) is 11.7. The summed E-state index contributed by atoms with van der Waals surface area (Å²) in [6, 6.07) is 11.3. The van der Waals surface area contributed by atoms with Crippen LogP contribution in [-0.4, -0.2) is 32.3 Å². The number of thioether (sulfide) groups is 1. The van der Waals surface area contributed by atoms with E-state index in [-0.39, 0.29) is 5.88 Å². The number of furan rings is 1. The summed E-state index contributed by atoms with van der Waals surface area (Å²) < 4.78 is 5.11. The normalized spacial score (nSPS) is 11.4. The van der Waals surface area contributed by atoms with Gasteiger partial charge in [0.1, 0.15) is 15.4 Å². The molecule has 10 heteroatoms. The quantitative estimate of drug-likeness (QED) is 0.139. The molecule has 192 valence electrons. The molecule has 8 nitrogen and oxygen atoms in total. The van der Waals surface area contributed by atoms with Crippen LogP contribution in [0.25, 0.3) is 0 Å². The van der Waals surface area contributed by atoms with Crippen molar-refractivity contribution in [3.8, 4) is 0 Å². The van der Waals surface area contributed by atoms with Crippen LogP contribution >= 0.6 is 23.1 Å². The van der Waals surface area contributed by atoms with E-state index in [9.17, 15) is 20.0 Å². The highest BCUT2D eigenvalue weighted by Gasteiger charge is 2.30. The molecule has 0 bridgehead atoms. The van der Waals surface area contributed by atoms with Crippen molar-refractivity contribution >= 4 is 40.6 Å². The monoisotopic (exact) mass is 529 g/mol. The molecule has 0 spiro atoms. The zero-order valence-corrected chi connectivity index (χ0v) is 22.4. The SMILES string of the molecule is C=C(Cc1ccc([N+](=O)[O-])o1)N(CCc1csc(SC(C)(C)C(=O)O)n1)c1ccc(CCCC)cc1. The van der Waals surface area contributed by atoms with Crippen molar-refractivity contribution in [2.45, 2.75) is 62.0 Å². The average molecular weight is 530 g/mol. The van der Waals surface area contributed by atoms with Crippen molar-refractivity contribution in [1.82, 2.24) is 4.98 Å². The van der Waals surface area contributed by atoms with E-state index in [1.807, 2.05) is 5.38 Å². The van der Waals surface area contributed by atoms with Crippen molar-refractivity contribution in [2.75, 3.05) is 11.4 Å². The highest BCUT2D eigenvalue weighted by molar-refractivity contribution is 8.03. The topological polar surface area (TPSA) is 110 Å². The van der Waals surface area contributed by atoms with Crippen LogP contribution in [0, 0.1) is 10.1 Å². The number of allylic oxidation sites excluding steroid dienone is 1. The van der Waals surface area contributed by atoms with Crippen LogP contribution in [0.2, 0.25) is 0 Å². The van der Waals surface area contributed by atoms with E-state index in [4.69, 9.17) is 4.42 Å². The molecule has 1 N–H and O–H groups in total. The number of benzene rings is 1. The Morgan fingerprint density at radius 1 is 1.25 bits per heavy atom. The van der Waals surface area contributed by atoms with Gasteiger partial charge in [0.25, 0.3) is 0 Å². The summed E-state index contributed by atoms with van der Waals surface area (Å²) in [5.74, 6) is -0.701. The van der Waals surface area contributed by atoms with Gasteiger partial charge in [0.15, 0.2) is 4.34 Å². The average Bonchev–Trinajstić information content (AvgIpc) is 3.48. The molecule has 0 aliphatic carbocycles. The molecule has 0 fully saturated rings. The number of anilines is 1. The Bertz CT molecular complexity index is 1200. The van der Waals surface area contributed by atoms with Gasteiger partial charge in [-0.2, -0.15) is 0 Å². The van der Waals surface area contributed by atoms with E-state index in [0.717, 1.165) is 36.3 Å². The molecule has 0 aliphatic rings. The number of aromatic nitrogens is 1. The third kappa shape index (κ3) is 7.44. The maximum absolute atomic E-state index is 11.4. The van der Waals surface area contributed by atoms with Crippen LogP contribution in [0.15, 0.2) is 62.8 Å². The maximum Gasteiger partial charge on any atom is 0.433 e. The molecule has 0 saturated carbocycles. The molecule has 3 rings (SSSR count). The Kier molecular flexibility index (Phi) is 9.33. The van der Waals surface area contributed by atoms with Gasteiger partial charge in [0.05, 0.1) is 11.8 Å². The van der Waals surface area contributed by atoms with Crippen LogP contribution in [0.4, 0.5) is 11.6 Å². The molecule has 3 aromatic rings. The van der Waals surface area contributed by atoms with E-state index >= 15 is 0 Å². The molecular weight excluding hydrogens is 498 g/mol. The first-order valence-corrected chi connectivity index (χ1v) is 13.4. The number of unbranched alkanes of at least 4 members (excludes halogenated alkanes) is 1. The second kappa shape index (κ2) is 12.2. The molecule has 2 heterocycles. The minimum absolute atomic E-state index is 0.290. The highest BCUT2D eigenvalue weighted by Crippen LogP contribution is 2.35. The number of aliphatic carboxylic acids is 1. The summed E-state index contributed by atoms with van der Waals surface area (Å²) in [6.45, 7) is 10.3. The highest BCUT2D eigenvalue weighted by atomic mass is 32.2. The number of hydrogen-bond donors (Lipinski definition) is 1. The number of nitro groups is 1. The molecule has 36 heavy (non-hydrogen) atoms. The lowest BCUT2D eigenvalue weighted by Crippen LogP contribution is -2.27. The van der Waals surface area contributed by atoms with Gasteiger partial charge in [-0.1, -0.05) is 43.8 Å². The fourth-order valence-electron chi connectivity index (χ4n) is 3.49. The Hall–Kier alpha value is -3.11. The summed E-state index contributed by atoms with van der Waals surface area (Å²) in [4.78, 5) is 28.6. The van der Waals surface area contributed by atoms with Crippen molar-refractivity contribution in [3.05, 3.63) is 81.2 Å². The number of carboxylic acid groups (broad SMARTS) is 1. The van der Waals surface area contributed by atoms with Gasteiger partial charge in [-0.15, -0.1) is 11.3 Å². The molecule has 0 amide bonds. The fraction of sp³-hybridized carbons (Fsp3) is 0.385. The van der Waals surface area contributed by atoms with Crippen molar-refractivity contribution in [1.29, 1.82) is 0 Å². The second-order valence-electron chi connectivity index (χ2n) is 8.93. The minimum atomic E-state index is -0.958. The van der Waals surface area contributed by atoms with Gasteiger partial charge < -0.3 is 14.4 Å². The second-order valence-corrected chi connectivity index (χ2v) is 11.7. The lowest BCUT2D eigenvalue weighted by Gasteiger charge is -2.26. The van der Waals surface area contributed by atoms with Crippen molar-refractivity contribution in [3.63, 3.8) is 0 Å². The summed E-state index contributed by atoms with van der Waals surface area (Å²) in [7, 11) is 0. The Morgan fingerprint density at radius 3 is 2.58 bits per heavy atom. The predicted octanol–water partition coefficient (Wildman–Crippen LogP) is 6.75. The predicted molar refractivity (Wildman–Crippen MR) is 144 cm³/mol. The number of carbonyl (C=O) groups is 1. The Morgan fingerprint density at radius 2 is 1.97 bits per heavy atom. The van der Waals surface area contributed by atoms with Crippen LogP contribution in [0.5, 0.6) is 0 Å². The first kappa shape index (κ1) is 27.5. The molecular formula is C26H31N3O5S2. The third-order valence-corrected chi connectivity index (χ3v) is 7.81. The first-order chi connectivity index (χ1) is 17.1. The van der Waals surface area contributed by atoms with Crippen molar-refractivity contribution in [2.24, 2.45) is 0 Å². The number of carboxylic acids is 1. The molecule has 0 atom stereocenters. The Balaban J connectivity index is 1.75. The molecule has 2 aromatic heterocycles. The van der Waals surface area contributed by atoms with Crippen LogP contribution in [0.1, 0.15) is 50.6 Å². The molecule has 1 aromatic carbocycles. The van der Waals surface area contributed by atoms with Gasteiger partial charge in [-0.05, 0) is 50.5 Å². The summed E-state index contributed by atoms with van der Waals surface area (Å²) in [5, 5.41) is 22.3. The number of thiazole rings is 1. The number of hydrogen-bond acceptors (Lipinski definition) is 8. The van der Waals surface area contributed by atoms with Gasteiger partial charge in [0.2, 0.25) is 0 Å². The van der Waals surface area contributed by atoms with Crippen LogP contribution in [0.3, 0.4) is 0 Å². The standard InChI is InChI=1S/C26H31N3O5S2/c1-5-6-7-19-8-10-21(11-9-19)28(18(2)16-22-12-13-23(34-22)29(32)33)15-14-20-17-35-25(27-20)36-26(3,4)24(30)31/h8-13,17H,2,5-7,14-16H2,1,3-4H3,(H,30,31). The van der Waals surface area contributed by atoms with Gasteiger partial charge in [-0.3, -0.25) is 14.9 Å². The van der Waals surface area contributed by atoms with Crippen molar-refractivity contribution < 1.29 is 19.2 Å². The Labute approximate surface area is 219 Å². The van der Waals surface area contributed by atoms with E-state index < -0.39 is 15.6 Å². The van der Waals surface area contributed by atoms with Crippen LogP contribution < -0.4 is 4.90 Å². The summed E-state index contributed by atoms with van der Waals surface area (Å²) >= 11 is 2.67. The minimum Gasteiger partial charge on any atom is -0.480 e. The van der Waals surface area contributed by atoms with E-state index in [1.54, 1.807) is 19.9 Å². The molecule has 0 aliphatic heterocycles. The molecule has 0 unspecified atom stereocenters. The number of aryl methyl sites for hydroxylation is 1. The molecule has 0 saturated heterocycles. The van der Waals surface area contributed by atoms with Gasteiger partial charge in [-0.25, -0.2) is 4.98 Å². The van der Waals surface area contributed by atoms with Gasteiger partial charge in [0, 0.05) is 36.2 Å². The zero-order valence-electron chi connectivity index (χ0n) is 20.7. The zero-order chi connectivity index (χ0) is 26.3. The van der Waals surface area contributed by atoms with E-state index in [2.05, 4.69) is 47.7 Å². The largest absolute Gasteiger partial charge is 0.480 e. The smallest absolute Gasteiger partial charge is 0.433 e. The summed E-state index contributed by atoms with van der Waals surface area (Å²) in [6.07, 6.45) is 4.25.